The maximum atomic E-state index is 6.08. The largest absolute Gasteiger partial charge is 0.385 e. The summed E-state index contributed by atoms with van der Waals surface area (Å²) in [7, 11) is 1.68. The highest BCUT2D eigenvalue weighted by Crippen LogP contribution is 2.24. The van der Waals surface area contributed by atoms with E-state index in [-0.39, 0.29) is 6.10 Å². The summed E-state index contributed by atoms with van der Waals surface area (Å²) >= 11 is 6.08. The molecule has 16 heavy (non-hydrogen) atoms. The smallest absolute Gasteiger partial charge is 0.0961 e. The number of benzene rings is 1. The van der Waals surface area contributed by atoms with Crippen LogP contribution in [0.25, 0.3) is 0 Å². The van der Waals surface area contributed by atoms with E-state index < -0.39 is 0 Å². The predicted molar refractivity (Wildman–Crippen MR) is 65.7 cm³/mol. The lowest BCUT2D eigenvalue weighted by Gasteiger charge is -2.17. The molecule has 4 heteroatoms. The minimum Gasteiger partial charge on any atom is -0.385 e. The molecule has 0 spiro atoms. The van der Waals surface area contributed by atoms with Crippen LogP contribution in [0.2, 0.25) is 5.02 Å². The van der Waals surface area contributed by atoms with E-state index in [1.807, 2.05) is 24.3 Å². The molecule has 1 aromatic carbocycles. The third-order valence-corrected chi connectivity index (χ3v) is 2.62. The van der Waals surface area contributed by atoms with E-state index in [9.17, 15) is 0 Å². The first-order chi connectivity index (χ1) is 7.79. The van der Waals surface area contributed by atoms with Crippen molar-refractivity contribution in [1.82, 2.24) is 0 Å². The molecule has 0 amide bonds. The van der Waals surface area contributed by atoms with E-state index in [0.29, 0.717) is 24.8 Å². The molecular formula is C12H18ClNO2. The van der Waals surface area contributed by atoms with Crippen LogP contribution in [-0.2, 0) is 9.47 Å². The predicted octanol–water partition coefficient (Wildman–Crippen LogP) is 2.39. The number of methoxy groups -OCH3 is 1. The average molecular weight is 244 g/mol. The Balaban J connectivity index is 2.51. The van der Waals surface area contributed by atoms with E-state index >= 15 is 0 Å². The number of hydrogen-bond donors (Lipinski definition) is 1. The van der Waals surface area contributed by atoms with Gasteiger partial charge in [0, 0.05) is 37.5 Å². The van der Waals surface area contributed by atoms with Crippen LogP contribution in [0.4, 0.5) is 0 Å². The van der Waals surface area contributed by atoms with E-state index in [0.717, 1.165) is 12.0 Å². The van der Waals surface area contributed by atoms with Crippen LogP contribution < -0.4 is 5.73 Å². The molecule has 0 radical (unpaired) electrons. The number of hydrogen-bond acceptors (Lipinski definition) is 3. The quantitative estimate of drug-likeness (QED) is 0.748. The van der Waals surface area contributed by atoms with Crippen molar-refractivity contribution in [3.05, 3.63) is 34.9 Å². The van der Waals surface area contributed by atoms with Gasteiger partial charge in [-0.25, -0.2) is 0 Å². The second-order valence-electron chi connectivity index (χ2n) is 3.46. The number of ether oxygens (including phenoxy) is 2. The van der Waals surface area contributed by atoms with Crippen molar-refractivity contribution in [2.45, 2.75) is 12.5 Å². The van der Waals surface area contributed by atoms with E-state index in [1.165, 1.54) is 0 Å². The Morgan fingerprint density at radius 1 is 1.31 bits per heavy atom. The zero-order valence-corrected chi connectivity index (χ0v) is 10.2. The molecule has 1 rings (SSSR count). The van der Waals surface area contributed by atoms with Crippen molar-refractivity contribution in [1.29, 1.82) is 0 Å². The zero-order chi connectivity index (χ0) is 11.8. The van der Waals surface area contributed by atoms with Gasteiger partial charge in [0.2, 0.25) is 0 Å². The zero-order valence-electron chi connectivity index (χ0n) is 9.49. The molecule has 0 bridgehead atoms. The first-order valence-electron chi connectivity index (χ1n) is 5.34. The van der Waals surface area contributed by atoms with Crippen molar-refractivity contribution in [2.75, 3.05) is 26.9 Å². The van der Waals surface area contributed by atoms with Crippen molar-refractivity contribution in [3.8, 4) is 0 Å². The van der Waals surface area contributed by atoms with Crippen molar-refractivity contribution in [3.63, 3.8) is 0 Å². The second kappa shape index (κ2) is 7.63. The summed E-state index contributed by atoms with van der Waals surface area (Å²) in [6.45, 7) is 1.75. The summed E-state index contributed by atoms with van der Waals surface area (Å²) in [4.78, 5) is 0. The molecule has 3 nitrogen and oxygen atoms in total. The number of halogens is 1. The standard InChI is InChI=1S/C12H18ClNO2/c1-15-7-4-8-16-12(9-14)10-5-2-3-6-11(10)13/h2-3,5-6,12H,4,7-9,14H2,1H3. The molecular weight excluding hydrogens is 226 g/mol. The summed E-state index contributed by atoms with van der Waals surface area (Å²) in [6, 6.07) is 7.61. The maximum Gasteiger partial charge on any atom is 0.0961 e. The monoisotopic (exact) mass is 243 g/mol. The van der Waals surface area contributed by atoms with Gasteiger partial charge in [0.1, 0.15) is 0 Å². The van der Waals surface area contributed by atoms with Gasteiger partial charge in [-0.15, -0.1) is 0 Å². The van der Waals surface area contributed by atoms with Gasteiger partial charge in [0.15, 0.2) is 0 Å². The fourth-order valence-corrected chi connectivity index (χ4v) is 1.71. The van der Waals surface area contributed by atoms with Gasteiger partial charge in [-0.2, -0.15) is 0 Å². The summed E-state index contributed by atoms with van der Waals surface area (Å²) in [6.07, 6.45) is 0.725. The van der Waals surface area contributed by atoms with Crippen molar-refractivity contribution < 1.29 is 9.47 Å². The van der Waals surface area contributed by atoms with Gasteiger partial charge in [0.05, 0.1) is 6.10 Å². The Bertz CT molecular complexity index is 307. The number of rotatable bonds is 7. The fourth-order valence-electron chi connectivity index (χ4n) is 1.45. The van der Waals surface area contributed by atoms with Crippen LogP contribution >= 0.6 is 11.6 Å². The first kappa shape index (κ1) is 13.5. The fraction of sp³-hybridized carbons (Fsp3) is 0.500. The van der Waals surface area contributed by atoms with E-state index in [1.54, 1.807) is 7.11 Å². The Hall–Kier alpha value is -0.610. The minimum absolute atomic E-state index is 0.134. The Labute approximate surface area is 101 Å². The minimum atomic E-state index is -0.134. The maximum absolute atomic E-state index is 6.08. The lowest BCUT2D eigenvalue weighted by Crippen LogP contribution is -2.17. The van der Waals surface area contributed by atoms with Gasteiger partial charge in [-0.05, 0) is 12.5 Å². The van der Waals surface area contributed by atoms with Gasteiger partial charge in [-0.1, -0.05) is 29.8 Å². The van der Waals surface area contributed by atoms with Crippen LogP contribution in [0.5, 0.6) is 0 Å². The van der Waals surface area contributed by atoms with Crippen molar-refractivity contribution >= 4 is 11.6 Å². The Kier molecular flexibility index (Phi) is 6.42. The Morgan fingerprint density at radius 2 is 2.06 bits per heavy atom. The second-order valence-corrected chi connectivity index (χ2v) is 3.87. The molecule has 90 valence electrons. The van der Waals surface area contributed by atoms with Crippen LogP contribution in [0, 0.1) is 0 Å². The first-order valence-corrected chi connectivity index (χ1v) is 5.72. The summed E-state index contributed by atoms with van der Waals surface area (Å²) in [5.74, 6) is 0. The molecule has 1 aromatic rings. The third kappa shape index (κ3) is 4.10. The molecule has 0 aliphatic rings. The molecule has 0 saturated carbocycles. The Morgan fingerprint density at radius 3 is 2.69 bits per heavy atom. The third-order valence-electron chi connectivity index (χ3n) is 2.28. The molecule has 2 N–H and O–H groups in total. The average Bonchev–Trinajstić information content (AvgIpc) is 2.31. The molecule has 0 saturated heterocycles. The molecule has 0 heterocycles. The highest BCUT2D eigenvalue weighted by atomic mass is 35.5. The lowest BCUT2D eigenvalue weighted by atomic mass is 10.1. The van der Waals surface area contributed by atoms with Gasteiger partial charge < -0.3 is 15.2 Å². The SMILES string of the molecule is COCCCOC(CN)c1ccccc1Cl. The molecule has 0 aliphatic carbocycles. The van der Waals surface area contributed by atoms with Crippen LogP contribution in [-0.4, -0.2) is 26.9 Å². The number of nitrogens with two attached hydrogens (primary N) is 1. The van der Waals surface area contributed by atoms with Crippen molar-refractivity contribution in [2.24, 2.45) is 5.73 Å². The highest BCUT2D eigenvalue weighted by molar-refractivity contribution is 6.31. The van der Waals surface area contributed by atoms with E-state index in [2.05, 4.69) is 0 Å². The summed E-state index contributed by atoms with van der Waals surface area (Å²) in [5, 5.41) is 0.699. The summed E-state index contributed by atoms with van der Waals surface area (Å²) in [5.41, 5.74) is 6.62. The van der Waals surface area contributed by atoms with Gasteiger partial charge >= 0.3 is 0 Å². The topological polar surface area (TPSA) is 44.5 Å². The molecule has 1 unspecified atom stereocenters. The molecule has 1 atom stereocenters. The van der Waals surface area contributed by atoms with Crippen LogP contribution in [0.15, 0.2) is 24.3 Å². The lowest BCUT2D eigenvalue weighted by molar-refractivity contribution is 0.0439. The van der Waals surface area contributed by atoms with Gasteiger partial charge in [-0.3, -0.25) is 0 Å². The molecule has 0 aromatic heterocycles. The molecule has 0 aliphatic heterocycles. The van der Waals surface area contributed by atoms with Crippen LogP contribution in [0.1, 0.15) is 18.1 Å². The van der Waals surface area contributed by atoms with Gasteiger partial charge in [0.25, 0.3) is 0 Å². The van der Waals surface area contributed by atoms with Crippen LogP contribution in [0.3, 0.4) is 0 Å². The summed E-state index contributed by atoms with van der Waals surface area (Å²) < 4.78 is 10.6. The highest BCUT2D eigenvalue weighted by Gasteiger charge is 2.12. The molecule has 0 fully saturated rings. The van der Waals surface area contributed by atoms with E-state index in [4.69, 9.17) is 26.8 Å². The normalized spacial score (nSPS) is 12.7.